The summed E-state index contributed by atoms with van der Waals surface area (Å²) in [6.45, 7) is 10.4. The van der Waals surface area contributed by atoms with E-state index in [9.17, 15) is 0 Å². The number of nitrogens with zero attached hydrogens (tertiary/aromatic N) is 1. The zero-order valence-corrected chi connectivity index (χ0v) is 12.8. The highest BCUT2D eigenvalue weighted by Crippen LogP contribution is 2.68. The van der Waals surface area contributed by atoms with Crippen LogP contribution in [-0.4, -0.2) is 11.5 Å². The van der Waals surface area contributed by atoms with Crippen LogP contribution in [-0.2, 0) is 0 Å². The van der Waals surface area contributed by atoms with E-state index in [4.69, 9.17) is 5.73 Å². The number of aromatic nitrogens is 1. The van der Waals surface area contributed by atoms with Crippen LogP contribution in [0.4, 0.5) is 10.8 Å². The third-order valence-corrected chi connectivity index (χ3v) is 6.17. The second-order valence-electron chi connectivity index (χ2n) is 6.62. The Morgan fingerprint density at radius 2 is 1.95 bits per heavy atom. The first-order valence-corrected chi connectivity index (χ1v) is 7.54. The molecule has 0 aliphatic heterocycles. The van der Waals surface area contributed by atoms with E-state index >= 15 is 0 Å². The molecule has 3 rings (SSSR count). The minimum atomic E-state index is 0.418. The van der Waals surface area contributed by atoms with Crippen molar-refractivity contribution in [2.45, 2.75) is 27.7 Å². The largest absolute Gasteiger partial charge is 0.399 e. The van der Waals surface area contributed by atoms with E-state index in [0.717, 1.165) is 27.6 Å². The molecule has 0 amide bonds. The van der Waals surface area contributed by atoms with Gasteiger partial charge in [0.05, 0.1) is 10.2 Å². The Morgan fingerprint density at radius 3 is 2.58 bits per heavy atom. The van der Waals surface area contributed by atoms with Gasteiger partial charge in [-0.15, -0.1) is 0 Å². The second-order valence-corrected chi connectivity index (χ2v) is 7.65. The molecule has 2 aromatic rings. The first-order valence-electron chi connectivity index (χ1n) is 6.72. The van der Waals surface area contributed by atoms with Gasteiger partial charge in [-0.3, -0.25) is 0 Å². The van der Waals surface area contributed by atoms with Gasteiger partial charge in [0.15, 0.2) is 5.13 Å². The molecular weight excluding hydrogens is 254 g/mol. The van der Waals surface area contributed by atoms with Gasteiger partial charge in [0.1, 0.15) is 0 Å². The number of benzene rings is 1. The maximum atomic E-state index is 5.79. The molecule has 0 unspecified atom stereocenters. The molecule has 0 bridgehead atoms. The predicted octanol–water partition coefficient (Wildman–Crippen LogP) is 3.97. The van der Waals surface area contributed by atoms with E-state index < -0.39 is 0 Å². The summed E-state index contributed by atoms with van der Waals surface area (Å²) in [7, 11) is 0. The van der Waals surface area contributed by atoms with Crippen LogP contribution >= 0.6 is 11.3 Å². The van der Waals surface area contributed by atoms with Gasteiger partial charge < -0.3 is 11.1 Å². The molecule has 102 valence electrons. The van der Waals surface area contributed by atoms with E-state index in [1.54, 1.807) is 11.3 Å². The lowest BCUT2D eigenvalue weighted by Gasteiger charge is -2.04. The Balaban J connectivity index is 1.73. The van der Waals surface area contributed by atoms with Crippen molar-refractivity contribution in [2.24, 2.45) is 16.7 Å². The van der Waals surface area contributed by atoms with Crippen LogP contribution in [0.5, 0.6) is 0 Å². The zero-order chi connectivity index (χ0) is 13.8. The highest BCUT2D eigenvalue weighted by Gasteiger charge is 2.64. The SMILES string of the molecule is CC1(C)C(CNc2nc3ccc(N)cc3s2)C1(C)C. The Hall–Kier alpha value is -1.29. The number of fused-ring (bicyclic) bond motifs is 1. The molecule has 1 heterocycles. The minimum Gasteiger partial charge on any atom is -0.399 e. The fraction of sp³-hybridized carbons (Fsp3) is 0.533. The highest BCUT2D eigenvalue weighted by atomic mass is 32.1. The summed E-state index contributed by atoms with van der Waals surface area (Å²) in [4.78, 5) is 4.60. The summed E-state index contributed by atoms with van der Waals surface area (Å²) in [5.41, 5.74) is 8.45. The van der Waals surface area contributed by atoms with Crippen molar-refractivity contribution in [1.82, 2.24) is 4.98 Å². The molecule has 1 aromatic heterocycles. The topological polar surface area (TPSA) is 50.9 Å². The van der Waals surface area contributed by atoms with Crippen molar-refractivity contribution in [3.63, 3.8) is 0 Å². The van der Waals surface area contributed by atoms with Crippen molar-refractivity contribution >= 4 is 32.4 Å². The second kappa shape index (κ2) is 3.85. The third kappa shape index (κ3) is 1.89. The Kier molecular flexibility index (Phi) is 2.58. The zero-order valence-electron chi connectivity index (χ0n) is 11.9. The van der Waals surface area contributed by atoms with E-state index in [-0.39, 0.29) is 0 Å². The van der Waals surface area contributed by atoms with Crippen molar-refractivity contribution < 1.29 is 0 Å². The van der Waals surface area contributed by atoms with Crippen LogP contribution in [0.3, 0.4) is 0 Å². The van der Waals surface area contributed by atoms with Crippen LogP contribution in [0, 0.1) is 16.7 Å². The first kappa shape index (κ1) is 12.7. The molecule has 19 heavy (non-hydrogen) atoms. The van der Waals surface area contributed by atoms with Gasteiger partial charge in [-0.05, 0) is 34.9 Å². The van der Waals surface area contributed by atoms with Crippen LogP contribution in [0.15, 0.2) is 18.2 Å². The van der Waals surface area contributed by atoms with Crippen molar-refractivity contribution in [3.05, 3.63) is 18.2 Å². The lowest BCUT2D eigenvalue weighted by atomic mass is 10.0. The molecule has 0 spiro atoms. The van der Waals surface area contributed by atoms with Gasteiger partial charge in [0.25, 0.3) is 0 Å². The first-order chi connectivity index (χ1) is 8.82. The van der Waals surface area contributed by atoms with Gasteiger partial charge in [-0.2, -0.15) is 0 Å². The van der Waals surface area contributed by atoms with Gasteiger partial charge in [-0.1, -0.05) is 39.0 Å². The van der Waals surface area contributed by atoms with Crippen LogP contribution in [0.25, 0.3) is 10.2 Å². The standard InChI is InChI=1S/C15H21N3S/c1-14(2)12(15(14,3)4)8-17-13-18-10-6-5-9(16)7-11(10)19-13/h5-7,12H,8,16H2,1-4H3,(H,17,18). The van der Waals surface area contributed by atoms with Gasteiger partial charge in [-0.25, -0.2) is 4.98 Å². The number of nitrogens with two attached hydrogens (primary N) is 1. The quantitative estimate of drug-likeness (QED) is 0.833. The van der Waals surface area contributed by atoms with Crippen LogP contribution < -0.4 is 11.1 Å². The monoisotopic (exact) mass is 275 g/mol. The lowest BCUT2D eigenvalue weighted by Crippen LogP contribution is -2.07. The Labute approximate surface area is 118 Å². The number of nitrogen functional groups attached to an aromatic ring is 1. The Bertz CT molecular complexity index is 613. The molecule has 0 radical (unpaired) electrons. The van der Waals surface area contributed by atoms with Crippen LogP contribution in [0.1, 0.15) is 27.7 Å². The van der Waals surface area contributed by atoms with E-state index in [0.29, 0.717) is 16.7 Å². The average Bonchev–Trinajstić information content (AvgIpc) is 2.63. The molecule has 1 aromatic carbocycles. The number of rotatable bonds is 3. The summed E-state index contributed by atoms with van der Waals surface area (Å²) in [6, 6.07) is 5.87. The molecule has 1 saturated carbocycles. The fourth-order valence-corrected chi connectivity index (χ4v) is 3.97. The predicted molar refractivity (Wildman–Crippen MR) is 83.6 cm³/mol. The molecule has 3 N–H and O–H groups in total. The fourth-order valence-electron chi connectivity index (χ4n) is 3.05. The summed E-state index contributed by atoms with van der Waals surface area (Å²) in [6.07, 6.45) is 0. The van der Waals surface area contributed by atoms with Crippen molar-refractivity contribution in [3.8, 4) is 0 Å². The number of thiazole rings is 1. The molecule has 1 aliphatic rings. The number of hydrogen-bond acceptors (Lipinski definition) is 4. The summed E-state index contributed by atoms with van der Waals surface area (Å²) in [5, 5.41) is 4.49. The van der Waals surface area contributed by atoms with Gasteiger partial charge in [0, 0.05) is 12.2 Å². The van der Waals surface area contributed by atoms with E-state index in [2.05, 4.69) is 38.0 Å². The highest BCUT2D eigenvalue weighted by molar-refractivity contribution is 7.22. The van der Waals surface area contributed by atoms with Crippen molar-refractivity contribution in [2.75, 3.05) is 17.6 Å². The number of hydrogen-bond donors (Lipinski definition) is 2. The lowest BCUT2D eigenvalue weighted by molar-refractivity contribution is 0.457. The molecule has 1 aliphatic carbocycles. The smallest absolute Gasteiger partial charge is 0.183 e. The summed E-state index contributed by atoms with van der Waals surface area (Å²) >= 11 is 1.68. The summed E-state index contributed by atoms with van der Waals surface area (Å²) < 4.78 is 1.15. The molecule has 3 nitrogen and oxygen atoms in total. The Morgan fingerprint density at radius 1 is 1.26 bits per heavy atom. The molecular formula is C15H21N3S. The molecule has 1 fully saturated rings. The van der Waals surface area contributed by atoms with Gasteiger partial charge >= 0.3 is 0 Å². The van der Waals surface area contributed by atoms with Crippen LogP contribution in [0.2, 0.25) is 0 Å². The molecule has 0 atom stereocenters. The normalized spacial score (nSPS) is 20.6. The third-order valence-electron chi connectivity index (χ3n) is 5.19. The van der Waals surface area contributed by atoms with Gasteiger partial charge in [0.2, 0.25) is 0 Å². The van der Waals surface area contributed by atoms with E-state index in [1.807, 2.05) is 18.2 Å². The summed E-state index contributed by atoms with van der Waals surface area (Å²) in [5.74, 6) is 0.706. The van der Waals surface area contributed by atoms with E-state index in [1.165, 1.54) is 0 Å². The average molecular weight is 275 g/mol. The number of nitrogens with one attached hydrogen (secondary N) is 1. The van der Waals surface area contributed by atoms with Crippen molar-refractivity contribution in [1.29, 1.82) is 0 Å². The maximum Gasteiger partial charge on any atom is 0.183 e. The molecule has 4 heteroatoms. The molecule has 0 saturated heterocycles. The minimum absolute atomic E-state index is 0.418. The number of anilines is 2. The maximum absolute atomic E-state index is 5.79.